The molecule has 0 spiro atoms. The zero-order valence-electron chi connectivity index (χ0n) is 16.3. The molecule has 1 aliphatic heterocycles. The number of hydrogen-bond acceptors (Lipinski definition) is 5. The molecule has 4 rings (SSSR count). The number of carbonyl (C=O) groups is 1. The lowest BCUT2D eigenvalue weighted by Crippen LogP contribution is -2.10. The van der Waals surface area contributed by atoms with Gasteiger partial charge in [-0.25, -0.2) is 4.39 Å². The van der Waals surface area contributed by atoms with Crippen LogP contribution in [0.1, 0.15) is 18.9 Å². The highest BCUT2D eigenvalue weighted by Gasteiger charge is 2.29. The highest BCUT2D eigenvalue weighted by atomic mass is 19.1. The first-order valence-corrected chi connectivity index (χ1v) is 9.15. The van der Waals surface area contributed by atoms with E-state index in [-0.39, 0.29) is 11.5 Å². The van der Waals surface area contributed by atoms with E-state index in [1.165, 1.54) is 13.2 Å². The summed E-state index contributed by atoms with van der Waals surface area (Å²) in [6.07, 6.45) is 5.65. The van der Waals surface area contributed by atoms with Crippen molar-refractivity contribution in [2.75, 3.05) is 17.7 Å². The maximum Gasteiger partial charge on any atom is 0.258 e. The molecular formula is C21H20FN5O2. The Kier molecular flexibility index (Phi) is 4.75. The minimum Gasteiger partial charge on any atom is -0.496 e. The fourth-order valence-electron chi connectivity index (χ4n) is 3.42. The Morgan fingerprint density at radius 1 is 1.34 bits per heavy atom. The number of anilines is 2. The molecule has 0 aliphatic carbocycles. The zero-order chi connectivity index (χ0) is 20.5. The van der Waals surface area contributed by atoms with Gasteiger partial charge in [-0.15, -0.1) is 0 Å². The van der Waals surface area contributed by atoms with Crippen LogP contribution in [0.15, 0.2) is 48.6 Å². The first-order chi connectivity index (χ1) is 14.0. The van der Waals surface area contributed by atoms with E-state index in [9.17, 15) is 9.18 Å². The van der Waals surface area contributed by atoms with E-state index in [2.05, 4.69) is 20.7 Å². The first-order valence-electron chi connectivity index (χ1n) is 9.15. The van der Waals surface area contributed by atoms with Gasteiger partial charge in [-0.3, -0.25) is 14.5 Å². The molecule has 1 amide bonds. The lowest BCUT2D eigenvalue weighted by Gasteiger charge is -2.12. The lowest BCUT2D eigenvalue weighted by atomic mass is 10.0. The number of nitrogens with one attached hydrogen (secondary N) is 2. The molecule has 0 bridgehead atoms. The summed E-state index contributed by atoms with van der Waals surface area (Å²) in [5, 5.41) is 10.2. The Labute approximate surface area is 167 Å². The highest BCUT2D eigenvalue weighted by Crippen LogP contribution is 2.39. The number of aryl methyl sites for hydroxylation is 1. The summed E-state index contributed by atoms with van der Waals surface area (Å²) in [5.41, 5.74) is 3.93. The molecule has 1 aliphatic rings. The molecule has 0 saturated heterocycles. The number of rotatable bonds is 5. The van der Waals surface area contributed by atoms with E-state index in [1.807, 2.05) is 20.2 Å². The van der Waals surface area contributed by atoms with Crippen LogP contribution >= 0.6 is 0 Å². The topological polar surface area (TPSA) is 81.1 Å². The quantitative estimate of drug-likeness (QED) is 0.644. The van der Waals surface area contributed by atoms with E-state index >= 15 is 0 Å². The standard InChI is InChI=1S/C21H20FN5O2/c1-4-15(25-12-9-24-27(2)11-12)19-13-8-16(23-10-17(13)26-21(19)28)20-14(22)6-5-7-18(20)29-3/h5-11,25H,4H2,1-3H3,(H,26,28)/b19-15-. The minimum atomic E-state index is -0.441. The van der Waals surface area contributed by atoms with Crippen molar-refractivity contribution in [2.24, 2.45) is 7.05 Å². The van der Waals surface area contributed by atoms with Crippen LogP contribution in [0.5, 0.6) is 5.75 Å². The minimum absolute atomic E-state index is 0.229. The Morgan fingerprint density at radius 2 is 2.17 bits per heavy atom. The van der Waals surface area contributed by atoms with Crippen molar-refractivity contribution in [1.29, 1.82) is 0 Å². The van der Waals surface area contributed by atoms with E-state index in [1.54, 1.807) is 35.3 Å². The largest absolute Gasteiger partial charge is 0.496 e. The second-order valence-electron chi connectivity index (χ2n) is 6.62. The van der Waals surface area contributed by atoms with Gasteiger partial charge in [-0.05, 0) is 24.6 Å². The molecule has 2 aromatic heterocycles. The van der Waals surface area contributed by atoms with Gasteiger partial charge in [0, 0.05) is 24.5 Å². The number of pyridine rings is 1. The molecule has 2 N–H and O–H groups in total. The number of allylic oxidation sites excluding steroid dienone is 1. The molecular weight excluding hydrogens is 373 g/mol. The Morgan fingerprint density at radius 3 is 2.86 bits per heavy atom. The van der Waals surface area contributed by atoms with E-state index in [4.69, 9.17) is 4.74 Å². The van der Waals surface area contributed by atoms with Crippen LogP contribution in [0.3, 0.4) is 0 Å². The summed E-state index contributed by atoms with van der Waals surface area (Å²) in [6, 6.07) is 6.32. The Balaban J connectivity index is 1.84. The van der Waals surface area contributed by atoms with Gasteiger partial charge in [-0.2, -0.15) is 5.10 Å². The molecule has 0 unspecified atom stereocenters. The number of carbonyl (C=O) groups excluding carboxylic acids is 1. The Bertz CT molecular complexity index is 1140. The third kappa shape index (κ3) is 3.33. The van der Waals surface area contributed by atoms with Crippen LogP contribution in [0.2, 0.25) is 0 Å². The van der Waals surface area contributed by atoms with Crippen molar-refractivity contribution < 1.29 is 13.9 Å². The number of aromatic nitrogens is 3. The van der Waals surface area contributed by atoms with Crippen molar-refractivity contribution >= 4 is 22.9 Å². The Hall–Kier alpha value is -3.68. The molecule has 8 heteroatoms. The summed E-state index contributed by atoms with van der Waals surface area (Å²) in [7, 11) is 3.30. The highest BCUT2D eigenvalue weighted by molar-refractivity contribution is 6.32. The summed E-state index contributed by atoms with van der Waals surface area (Å²) in [5.74, 6) is -0.291. The molecule has 0 saturated carbocycles. The van der Waals surface area contributed by atoms with E-state index < -0.39 is 5.82 Å². The van der Waals surface area contributed by atoms with Crippen LogP contribution in [-0.2, 0) is 11.8 Å². The number of halogens is 1. The summed E-state index contributed by atoms with van der Waals surface area (Å²) < 4.78 is 21.5. The maximum atomic E-state index is 14.5. The number of methoxy groups -OCH3 is 1. The van der Waals surface area contributed by atoms with Crippen molar-refractivity contribution in [2.45, 2.75) is 13.3 Å². The summed E-state index contributed by atoms with van der Waals surface area (Å²) in [4.78, 5) is 17.0. The van der Waals surface area contributed by atoms with Crippen molar-refractivity contribution in [3.63, 3.8) is 0 Å². The number of fused-ring (bicyclic) bond motifs is 1. The van der Waals surface area contributed by atoms with E-state index in [0.29, 0.717) is 34.7 Å². The maximum absolute atomic E-state index is 14.5. The number of benzene rings is 1. The van der Waals surface area contributed by atoms with Gasteiger partial charge in [0.1, 0.15) is 11.6 Å². The normalized spacial score (nSPS) is 14.4. The second-order valence-corrected chi connectivity index (χ2v) is 6.62. The summed E-state index contributed by atoms with van der Waals surface area (Å²) in [6.45, 7) is 1.96. The van der Waals surface area contributed by atoms with Gasteiger partial charge < -0.3 is 15.4 Å². The number of ether oxygens (including phenoxy) is 1. The van der Waals surface area contributed by atoms with Crippen LogP contribution in [0.25, 0.3) is 16.8 Å². The fraction of sp³-hybridized carbons (Fsp3) is 0.190. The van der Waals surface area contributed by atoms with Gasteiger partial charge in [0.25, 0.3) is 5.91 Å². The monoisotopic (exact) mass is 393 g/mol. The van der Waals surface area contributed by atoms with Crippen molar-refractivity contribution in [3.05, 3.63) is 59.9 Å². The number of hydrogen-bond donors (Lipinski definition) is 2. The molecule has 3 aromatic rings. The lowest BCUT2D eigenvalue weighted by molar-refractivity contribution is -0.110. The van der Waals surface area contributed by atoms with Crippen molar-refractivity contribution in [1.82, 2.24) is 14.8 Å². The van der Waals surface area contributed by atoms with Gasteiger partial charge >= 0.3 is 0 Å². The molecule has 148 valence electrons. The predicted octanol–water partition coefficient (Wildman–Crippen LogP) is 3.82. The number of amides is 1. The third-order valence-corrected chi connectivity index (χ3v) is 4.76. The molecule has 3 heterocycles. The smallest absolute Gasteiger partial charge is 0.258 e. The van der Waals surface area contributed by atoms with E-state index in [0.717, 1.165) is 11.4 Å². The molecule has 1 aromatic carbocycles. The predicted molar refractivity (Wildman–Crippen MR) is 109 cm³/mol. The molecule has 0 radical (unpaired) electrons. The zero-order valence-corrected chi connectivity index (χ0v) is 16.3. The van der Waals surface area contributed by atoms with Gasteiger partial charge in [0.05, 0.1) is 47.7 Å². The molecule has 0 fully saturated rings. The van der Waals surface area contributed by atoms with Crippen LogP contribution in [0.4, 0.5) is 15.8 Å². The molecule has 7 nitrogen and oxygen atoms in total. The number of nitrogens with zero attached hydrogens (tertiary/aromatic N) is 3. The van der Waals surface area contributed by atoms with Gasteiger partial charge in [0.15, 0.2) is 0 Å². The van der Waals surface area contributed by atoms with Crippen LogP contribution < -0.4 is 15.4 Å². The van der Waals surface area contributed by atoms with Crippen LogP contribution in [0, 0.1) is 5.82 Å². The molecule has 29 heavy (non-hydrogen) atoms. The van der Waals surface area contributed by atoms with Gasteiger partial charge in [0.2, 0.25) is 0 Å². The molecule has 0 atom stereocenters. The average molecular weight is 393 g/mol. The summed E-state index contributed by atoms with van der Waals surface area (Å²) >= 11 is 0. The van der Waals surface area contributed by atoms with Crippen LogP contribution in [-0.4, -0.2) is 27.8 Å². The second kappa shape index (κ2) is 7.38. The SMILES string of the molecule is CC/C(Nc1cnn(C)c1)=C1/C(=O)Nc2cnc(-c3c(F)cccc3OC)cc21. The van der Waals surface area contributed by atoms with Crippen molar-refractivity contribution in [3.8, 4) is 17.0 Å². The first kappa shape index (κ1) is 18.7. The fourth-order valence-corrected chi connectivity index (χ4v) is 3.42. The third-order valence-electron chi connectivity index (χ3n) is 4.76. The van der Waals surface area contributed by atoms with Gasteiger partial charge in [-0.1, -0.05) is 13.0 Å². The average Bonchev–Trinajstić information content (AvgIpc) is 3.27.